The SMILES string of the molecule is CC(C)c1ccc(CN2CCN(C(=O)C3CSC4(C)CCC(=O)N34)CC2)cc1. The number of carbonyl (C=O) groups excluding carboxylic acids is 2. The van der Waals surface area contributed by atoms with Gasteiger partial charge in [-0.3, -0.25) is 14.5 Å². The van der Waals surface area contributed by atoms with Crippen molar-refractivity contribution >= 4 is 23.6 Å². The van der Waals surface area contributed by atoms with Gasteiger partial charge in [-0.25, -0.2) is 0 Å². The van der Waals surface area contributed by atoms with Crippen LogP contribution < -0.4 is 0 Å². The third kappa shape index (κ3) is 3.69. The maximum Gasteiger partial charge on any atom is 0.246 e. The first-order valence-electron chi connectivity index (χ1n) is 10.4. The zero-order chi connectivity index (χ0) is 19.9. The summed E-state index contributed by atoms with van der Waals surface area (Å²) in [7, 11) is 0. The number of nitrogens with zero attached hydrogens (tertiary/aromatic N) is 3. The van der Waals surface area contributed by atoms with Gasteiger partial charge in [0.05, 0.1) is 4.87 Å². The second kappa shape index (κ2) is 7.71. The van der Waals surface area contributed by atoms with Gasteiger partial charge >= 0.3 is 0 Å². The molecule has 0 spiro atoms. The number of fused-ring (bicyclic) bond motifs is 1. The predicted octanol–water partition coefficient (Wildman–Crippen LogP) is 2.91. The Kier molecular flexibility index (Phi) is 5.45. The number of rotatable bonds is 4. The summed E-state index contributed by atoms with van der Waals surface area (Å²) in [5, 5.41) is 0. The first-order valence-corrected chi connectivity index (χ1v) is 11.4. The van der Waals surface area contributed by atoms with E-state index in [4.69, 9.17) is 0 Å². The van der Waals surface area contributed by atoms with Gasteiger partial charge in [-0.1, -0.05) is 38.1 Å². The van der Waals surface area contributed by atoms with Crippen LogP contribution >= 0.6 is 11.8 Å². The molecule has 4 rings (SSSR count). The summed E-state index contributed by atoms with van der Waals surface area (Å²) in [4.78, 5) is 31.5. The molecule has 3 fully saturated rings. The minimum absolute atomic E-state index is 0.146. The van der Waals surface area contributed by atoms with Crippen molar-refractivity contribution in [2.24, 2.45) is 0 Å². The van der Waals surface area contributed by atoms with Crippen LogP contribution in [-0.4, -0.2) is 69.4 Å². The third-order valence-electron chi connectivity index (χ3n) is 6.47. The van der Waals surface area contributed by atoms with E-state index in [1.807, 2.05) is 9.80 Å². The number of piperazine rings is 1. The lowest BCUT2D eigenvalue weighted by Crippen LogP contribution is -2.56. The van der Waals surface area contributed by atoms with Crippen LogP contribution in [0.25, 0.3) is 0 Å². The Morgan fingerprint density at radius 1 is 1.18 bits per heavy atom. The van der Waals surface area contributed by atoms with Crippen molar-refractivity contribution in [2.45, 2.75) is 57.0 Å². The number of carbonyl (C=O) groups is 2. The molecule has 2 amide bonds. The molecule has 28 heavy (non-hydrogen) atoms. The van der Waals surface area contributed by atoms with E-state index in [1.165, 1.54) is 11.1 Å². The monoisotopic (exact) mass is 401 g/mol. The fourth-order valence-electron chi connectivity index (χ4n) is 4.61. The van der Waals surface area contributed by atoms with E-state index in [2.05, 4.69) is 49.9 Å². The normalized spacial score (nSPS) is 28.3. The molecule has 0 radical (unpaired) electrons. The molecule has 3 aliphatic rings. The van der Waals surface area contributed by atoms with Crippen LogP contribution in [0.4, 0.5) is 0 Å². The summed E-state index contributed by atoms with van der Waals surface area (Å²) in [6.07, 6.45) is 1.44. The minimum Gasteiger partial charge on any atom is -0.338 e. The Hall–Kier alpha value is -1.53. The van der Waals surface area contributed by atoms with Crippen LogP contribution in [0.3, 0.4) is 0 Å². The molecule has 6 heteroatoms. The van der Waals surface area contributed by atoms with Crippen molar-refractivity contribution in [3.8, 4) is 0 Å². The molecule has 1 aromatic carbocycles. The first-order chi connectivity index (χ1) is 13.4. The van der Waals surface area contributed by atoms with E-state index < -0.39 is 0 Å². The predicted molar refractivity (Wildman–Crippen MR) is 113 cm³/mol. The molecule has 0 saturated carbocycles. The Labute approximate surface area is 172 Å². The molecule has 2 atom stereocenters. The highest BCUT2D eigenvalue weighted by Gasteiger charge is 2.53. The lowest BCUT2D eigenvalue weighted by atomic mass is 10.0. The van der Waals surface area contributed by atoms with Crippen molar-refractivity contribution < 1.29 is 9.59 Å². The van der Waals surface area contributed by atoms with Crippen molar-refractivity contribution in [1.82, 2.24) is 14.7 Å². The van der Waals surface area contributed by atoms with Crippen molar-refractivity contribution in [1.29, 1.82) is 0 Å². The van der Waals surface area contributed by atoms with E-state index >= 15 is 0 Å². The maximum atomic E-state index is 13.1. The van der Waals surface area contributed by atoms with E-state index in [9.17, 15) is 9.59 Å². The van der Waals surface area contributed by atoms with Crippen LogP contribution in [0.5, 0.6) is 0 Å². The van der Waals surface area contributed by atoms with E-state index in [0.717, 1.165) is 44.9 Å². The summed E-state index contributed by atoms with van der Waals surface area (Å²) in [5.74, 6) is 1.59. The van der Waals surface area contributed by atoms with Crippen LogP contribution in [0, 0.1) is 0 Å². The summed E-state index contributed by atoms with van der Waals surface area (Å²) in [6, 6.07) is 8.63. The molecule has 0 aromatic heterocycles. The van der Waals surface area contributed by atoms with Crippen LogP contribution in [0.2, 0.25) is 0 Å². The second-order valence-corrected chi connectivity index (χ2v) is 10.3. The topological polar surface area (TPSA) is 43.9 Å². The summed E-state index contributed by atoms with van der Waals surface area (Å²) >= 11 is 1.77. The maximum absolute atomic E-state index is 13.1. The van der Waals surface area contributed by atoms with Gasteiger partial charge in [-0.05, 0) is 30.4 Å². The van der Waals surface area contributed by atoms with Gasteiger partial charge in [0.15, 0.2) is 0 Å². The summed E-state index contributed by atoms with van der Waals surface area (Å²) < 4.78 is 0. The third-order valence-corrected chi connectivity index (χ3v) is 7.97. The van der Waals surface area contributed by atoms with E-state index in [-0.39, 0.29) is 22.7 Å². The van der Waals surface area contributed by atoms with Crippen LogP contribution in [0.1, 0.15) is 50.7 Å². The lowest BCUT2D eigenvalue weighted by molar-refractivity contribution is -0.144. The first kappa shape index (κ1) is 19.8. The smallest absolute Gasteiger partial charge is 0.246 e. The van der Waals surface area contributed by atoms with Crippen molar-refractivity contribution in [3.63, 3.8) is 0 Å². The van der Waals surface area contributed by atoms with Crippen LogP contribution in [-0.2, 0) is 16.1 Å². The van der Waals surface area contributed by atoms with Gasteiger partial charge < -0.3 is 9.80 Å². The average Bonchev–Trinajstić information content (AvgIpc) is 3.18. The summed E-state index contributed by atoms with van der Waals surface area (Å²) in [5.41, 5.74) is 2.70. The number of amides is 2. The van der Waals surface area contributed by atoms with Gasteiger partial charge in [-0.15, -0.1) is 11.8 Å². The highest BCUT2D eigenvalue weighted by Crippen LogP contribution is 2.47. The van der Waals surface area contributed by atoms with E-state index in [1.54, 1.807) is 11.8 Å². The van der Waals surface area contributed by atoms with E-state index in [0.29, 0.717) is 12.3 Å². The largest absolute Gasteiger partial charge is 0.338 e. The zero-order valence-corrected chi connectivity index (χ0v) is 18.0. The average molecular weight is 402 g/mol. The van der Waals surface area contributed by atoms with Gasteiger partial charge in [-0.2, -0.15) is 0 Å². The Morgan fingerprint density at radius 3 is 2.50 bits per heavy atom. The zero-order valence-electron chi connectivity index (χ0n) is 17.2. The number of hydrogen-bond donors (Lipinski definition) is 0. The van der Waals surface area contributed by atoms with Crippen molar-refractivity contribution in [3.05, 3.63) is 35.4 Å². The minimum atomic E-state index is -0.264. The molecule has 0 bridgehead atoms. The fraction of sp³-hybridized carbons (Fsp3) is 0.636. The van der Waals surface area contributed by atoms with Gasteiger partial charge in [0.2, 0.25) is 11.8 Å². The van der Waals surface area contributed by atoms with Crippen molar-refractivity contribution in [2.75, 3.05) is 31.9 Å². The number of hydrogen-bond acceptors (Lipinski definition) is 4. The Morgan fingerprint density at radius 2 is 1.86 bits per heavy atom. The molecular formula is C22H31N3O2S. The summed E-state index contributed by atoms with van der Waals surface area (Å²) in [6.45, 7) is 10.8. The quantitative estimate of drug-likeness (QED) is 0.778. The molecular weight excluding hydrogens is 370 g/mol. The molecule has 152 valence electrons. The molecule has 3 saturated heterocycles. The molecule has 3 heterocycles. The molecule has 2 unspecified atom stereocenters. The van der Waals surface area contributed by atoms with Gasteiger partial charge in [0.1, 0.15) is 6.04 Å². The standard InChI is InChI=1S/C22H31N3O2S/c1-16(2)18-6-4-17(5-7-18)14-23-10-12-24(13-11-23)21(27)19-15-28-22(3)9-8-20(26)25(19)22/h4-7,16,19H,8-15H2,1-3H3. The fourth-order valence-corrected chi connectivity index (χ4v) is 6.03. The molecule has 0 aliphatic carbocycles. The highest BCUT2D eigenvalue weighted by atomic mass is 32.2. The van der Waals surface area contributed by atoms with Gasteiger partial charge in [0, 0.05) is 44.9 Å². The van der Waals surface area contributed by atoms with Crippen LogP contribution in [0.15, 0.2) is 24.3 Å². The Balaban J connectivity index is 1.31. The highest BCUT2D eigenvalue weighted by molar-refractivity contribution is 8.01. The number of benzene rings is 1. The molecule has 3 aliphatic heterocycles. The molecule has 0 N–H and O–H groups in total. The molecule has 5 nitrogen and oxygen atoms in total. The number of thioether (sulfide) groups is 1. The van der Waals surface area contributed by atoms with Gasteiger partial charge in [0.25, 0.3) is 0 Å². The Bertz CT molecular complexity index is 743. The molecule has 1 aromatic rings. The second-order valence-electron chi connectivity index (χ2n) is 8.76. The lowest BCUT2D eigenvalue weighted by Gasteiger charge is -2.38.